The van der Waals surface area contributed by atoms with E-state index < -0.39 is 0 Å². The van der Waals surface area contributed by atoms with Crippen LogP contribution in [0.3, 0.4) is 0 Å². The average Bonchev–Trinajstić information content (AvgIpc) is 3.47. The van der Waals surface area contributed by atoms with Crippen LogP contribution in [0, 0.1) is 5.92 Å². The number of fused-ring (bicyclic) bond motifs is 2. The Morgan fingerprint density at radius 1 is 1.11 bits per heavy atom. The molecule has 5 nitrogen and oxygen atoms in total. The number of carbonyl (C=O) groups is 1. The Kier molecular flexibility index (Phi) is 4.79. The SMILES string of the molecule is COc1cccc2c(C(=O)N3CCN4CCC[C@H]4C3)cn(CC3CCCC3)c12. The molecule has 0 N–H and O–H groups in total. The number of hydrogen-bond acceptors (Lipinski definition) is 3. The quantitative estimate of drug-likeness (QED) is 0.809. The first-order valence-electron chi connectivity index (χ1n) is 10.9. The van der Waals surface area contributed by atoms with Gasteiger partial charge in [0.15, 0.2) is 0 Å². The van der Waals surface area contributed by atoms with Gasteiger partial charge in [0.1, 0.15) is 5.75 Å². The Labute approximate surface area is 167 Å². The zero-order chi connectivity index (χ0) is 19.1. The molecule has 0 spiro atoms. The van der Waals surface area contributed by atoms with Crippen LogP contribution < -0.4 is 4.74 Å². The summed E-state index contributed by atoms with van der Waals surface area (Å²) in [6.07, 6.45) is 9.85. The van der Waals surface area contributed by atoms with Gasteiger partial charge in [0.2, 0.25) is 0 Å². The van der Waals surface area contributed by atoms with Crippen molar-refractivity contribution < 1.29 is 9.53 Å². The normalized spacial score (nSPS) is 23.5. The van der Waals surface area contributed by atoms with Crippen LogP contribution in [0.25, 0.3) is 10.9 Å². The second-order valence-corrected chi connectivity index (χ2v) is 8.79. The first-order valence-corrected chi connectivity index (χ1v) is 10.9. The summed E-state index contributed by atoms with van der Waals surface area (Å²) < 4.78 is 7.97. The summed E-state index contributed by atoms with van der Waals surface area (Å²) in [5.41, 5.74) is 1.93. The van der Waals surface area contributed by atoms with E-state index in [0.717, 1.165) is 48.4 Å². The number of hydrogen-bond donors (Lipinski definition) is 0. The second-order valence-electron chi connectivity index (χ2n) is 8.79. The summed E-state index contributed by atoms with van der Waals surface area (Å²) in [6.45, 7) is 4.91. The molecule has 3 aliphatic rings. The van der Waals surface area contributed by atoms with Crippen LogP contribution in [0.2, 0.25) is 0 Å². The fraction of sp³-hybridized carbons (Fsp3) is 0.609. The van der Waals surface area contributed by atoms with Crippen molar-refractivity contribution in [1.82, 2.24) is 14.4 Å². The number of rotatable bonds is 4. The van der Waals surface area contributed by atoms with Gasteiger partial charge in [-0.25, -0.2) is 0 Å². The molecule has 150 valence electrons. The summed E-state index contributed by atoms with van der Waals surface area (Å²) in [5, 5.41) is 1.04. The molecule has 1 atom stereocenters. The molecule has 2 aliphatic heterocycles. The molecule has 2 saturated heterocycles. The summed E-state index contributed by atoms with van der Waals surface area (Å²) in [5.74, 6) is 1.77. The van der Waals surface area contributed by atoms with Gasteiger partial charge in [-0.1, -0.05) is 25.0 Å². The predicted molar refractivity (Wildman–Crippen MR) is 111 cm³/mol. The Morgan fingerprint density at radius 3 is 2.79 bits per heavy atom. The number of methoxy groups -OCH3 is 1. The van der Waals surface area contributed by atoms with E-state index in [1.165, 1.54) is 45.1 Å². The van der Waals surface area contributed by atoms with Crippen molar-refractivity contribution in [3.63, 3.8) is 0 Å². The molecule has 5 rings (SSSR count). The largest absolute Gasteiger partial charge is 0.495 e. The standard InChI is InChI=1S/C23H31N3O2/c1-28-21-10-4-9-19-20(16-26(22(19)21)14-17-6-2-3-7-17)23(27)25-13-12-24-11-5-8-18(24)15-25/h4,9-10,16-18H,2-3,5-8,11-15H2,1H3/t18-/m0/s1. The van der Waals surface area contributed by atoms with Crippen molar-refractivity contribution in [3.05, 3.63) is 30.0 Å². The highest BCUT2D eigenvalue weighted by atomic mass is 16.5. The van der Waals surface area contributed by atoms with Crippen molar-refractivity contribution in [2.75, 3.05) is 33.3 Å². The molecule has 28 heavy (non-hydrogen) atoms. The van der Waals surface area contributed by atoms with Crippen molar-refractivity contribution >= 4 is 16.8 Å². The summed E-state index contributed by atoms with van der Waals surface area (Å²) in [4.78, 5) is 18.1. The highest BCUT2D eigenvalue weighted by Crippen LogP contribution is 2.34. The Hall–Kier alpha value is -2.01. The first kappa shape index (κ1) is 18.0. The van der Waals surface area contributed by atoms with Gasteiger partial charge in [-0.2, -0.15) is 0 Å². The van der Waals surface area contributed by atoms with Crippen LogP contribution in [-0.2, 0) is 6.54 Å². The Balaban J connectivity index is 1.49. The van der Waals surface area contributed by atoms with Gasteiger partial charge >= 0.3 is 0 Å². The predicted octanol–water partition coefficient (Wildman–Crippen LogP) is 3.76. The summed E-state index contributed by atoms with van der Waals surface area (Å²) >= 11 is 0. The molecule has 3 fully saturated rings. The molecule has 1 saturated carbocycles. The zero-order valence-electron chi connectivity index (χ0n) is 16.9. The number of piperazine rings is 1. The van der Waals surface area contributed by atoms with Gasteiger partial charge in [0.25, 0.3) is 5.91 Å². The third-order valence-electron chi connectivity index (χ3n) is 7.12. The molecule has 3 heterocycles. The van der Waals surface area contributed by atoms with E-state index in [0.29, 0.717) is 12.0 Å². The summed E-state index contributed by atoms with van der Waals surface area (Å²) in [7, 11) is 1.72. The van der Waals surface area contributed by atoms with Gasteiger partial charge in [-0.3, -0.25) is 9.69 Å². The average molecular weight is 382 g/mol. The number of aromatic nitrogens is 1. The Morgan fingerprint density at radius 2 is 1.96 bits per heavy atom. The molecule has 0 bridgehead atoms. The molecule has 0 unspecified atom stereocenters. The number of nitrogens with zero attached hydrogens (tertiary/aromatic N) is 3. The Bertz CT molecular complexity index is 868. The van der Waals surface area contributed by atoms with E-state index in [1.807, 2.05) is 12.1 Å². The van der Waals surface area contributed by atoms with Crippen LogP contribution in [0.1, 0.15) is 48.9 Å². The maximum absolute atomic E-state index is 13.5. The number of carbonyl (C=O) groups excluding carboxylic acids is 1. The van der Waals surface area contributed by atoms with Gasteiger partial charge in [0.05, 0.1) is 18.2 Å². The lowest BCUT2D eigenvalue weighted by Crippen LogP contribution is -2.52. The van der Waals surface area contributed by atoms with Gasteiger partial charge in [0, 0.05) is 43.8 Å². The summed E-state index contributed by atoms with van der Waals surface area (Å²) in [6, 6.07) is 6.66. The molecule has 0 radical (unpaired) electrons. The monoisotopic (exact) mass is 381 g/mol. The van der Waals surface area contributed by atoms with Crippen molar-refractivity contribution in [2.45, 2.75) is 51.1 Å². The van der Waals surface area contributed by atoms with Crippen molar-refractivity contribution in [1.29, 1.82) is 0 Å². The lowest BCUT2D eigenvalue weighted by atomic mass is 10.1. The molecule has 1 aliphatic carbocycles. The topological polar surface area (TPSA) is 37.7 Å². The zero-order valence-corrected chi connectivity index (χ0v) is 16.9. The molecule has 1 aromatic heterocycles. The van der Waals surface area contributed by atoms with E-state index in [4.69, 9.17) is 4.74 Å². The third kappa shape index (κ3) is 3.10. The van der Waals surface area contributed by atoms with E-state index in [-0.39, 0.29) is 5.91 Å². The van der Waals surface area contributed by atoms with Crippen molar-refractivity contribution in [3.8, 4) is 5.75 Å². The van der Waals surface area contributed by atoms with Gasteiger partial charge in [-0.05, 0) is 44.2 Å². The number of benzene rings is 1. The van der Waals surface area contributed by atoms with Crippen LogP contribution in [-0.4, -0.2) is 59.6 Å². The molecule has 2 aromatic rings. The molecular weight excluding hydrogens is 350 g/mol. The van der Waals surface area contributed by atoms with Crippen molar-refractivity contribution in [2.24, 2.45) is 5.92 Å². The number of para-hydroxylation sites is 1. The fourth-order valence-corrected chi connectivity index (χ4v) is 5.62. The lowest BCUT2D eigenvalue weighted by molar-refractivity contribution is 0.0573. The van der Waals surface area contributed by atoms with Crippen LogP contribution in [0.4, 0.5) is 0 Å². The van der Waals surface area contributed by atoms with E-state index in [9.17, 15) is 4.79 Å². The maximum Gasteiger partial charge on any atom is 0.256 e. The minimum atomic E-state index is 0.190. The smallest absolute Gasteiger partial charge is 0.256 e. The maximum atomic E-state index is 13.5. The second kappa shape index (κ2) is 7.43. The number of ether oxygens (including phenoxy) is 1. The highest BCUT2D eigenvalue weighted by Gasteiger charge is 2.34. The van der Waals surface area contributed by atoms with Crippen LogP contribution in [0.5, 0.6) is 5.75 Å². The van der Waals surface area contributed by atoms with Crippen LogP contribution >= 0.6 is 0 Å². The molecule has 1 amide bonds. The van der Waals surface area contributed by atoms with E-state index in [2.05, 4.69) is 26.6 Å². The molecule has 1 aromatic carbocycles. The minimum Gasteiger partial charge on any atom is -0.495 e. The first-order chi connectivity index (χ1) is 13.7. The lowest BCUT2D eigenvalue weighted by Gasteiger charge is -2.37. The highest BCUT2D eigenvalue weighted by molar-refractivity contribution is 6.08. The third-order valence-corrected chi connectivity index (χ3v) is 7.12. The molecule has 5 heteroatoms. The molecular formula is C23H31N3O2. The van der Waals surface area contributed by atoms with E-state index in [1.54, 1.807) is 7.11 Å². The van der Waals surface area contributed by atoms with Gasteiger partial charge < -0.3 is 14.2 Å². The fourth-order valence-electron chi connectivity index (χ4n) is 5.62. The number of amides is 1. The van der Waals surface area contributed by atoms with E-state index >= 15 is 0 Å². The minimum absolute atomic E-state index is 0.190. The van der Waals surface area contributed by atoms with Crippen LogP contribution in [0.15, 0.2) is 24.4 Å². The van der Waals surface area contributed by atoms with Gasteiger partial charge in [-0.15, -0.1) is 0 Å².